The van der Waals surface area contributed by atoms with Gasteiger partial charge in [-0.15, -0.1) is 0 Å². The molecule has 84 valence electrons. The normalized spacial score (nSPS) is 10.6. The molecule has 1 N–H and O–H groups in total. The number of carbonyl (C=O) groups excluding carboxylic acids is 1. The summed E-state index contributed by atoms with van der Waals surface area (Å²) in [6.45, 7) is 0. The van der Waals surface area contributed by atoms with E-state index >= 15 is 0 Å². The summed E-state index contributed by atoms with van der Waals surface area (Å²) in [4.78, 5) is 22.4. The van der Waals surface area contributed by atoms with Gasteiger partial charge in [0.25, 0.3) is 0 Å². The van der Waals surface area contributed by atoms with Crippen LogP contribution < -0.4 is 0 Å². The summed E-state index contributed by atoms with van der Waals surface area (Å²) in [5.41, 5.74) is 1.47. The molecule has 0 aromatic carbocycles. The molecule has 0 atom stereocenters. The van der Waals surface area contributed by atoms with Gasteiger partial charge in [-0.3, -0.25) is 4.79 Å². The molecule has 16 heavy (non-hydrogen) atoms. The maximum Gasteiger partial charge on any atom is 0.316 e. The van der Waals surface area contributed by atoms with Crippen LogP contribution in [0.2, 0.25) is 0 Å². The SMILES string of the molecule is COC(=O)CSc1nc2ncc(Br)cc2[nH]1. The van der Waals surface area contributed by atoms with Gasteiger partial charge in [-0.25, -0.2) is 9.97 Å². The first-order valence-corrected chi connectivity index (χ1v) is 6.18. The van der Waals surface area contributed by atoms with Gasteiger partial charge < -0.3 is 9.72 Å². The summed E-state index contributed by atoms with van der Waals surface area (Å²) in [6.07, 6.45) is 1.68. The molecule has 0 unspecified atom stereocenters. The van der Waals surface area contributed by atoms with Crippen LogP contribution in [0.15, 0.2) is 21.9 Å². The molecule has 0 saturated heterocycles. The lowest BCUT2D eigenvalue weighted by atomic mass is 10.4. The number of esters is 1. The standard InChI is InChI=1S/C9H8BrN3O2S/c1-15-7(14)4-16-9-12-6-2-5(10)3-11-8(6)13-9/h2-3H,4H2,1H3,(H,11,12,13). The number of halogens is 1. The minimum atomic E-state index is -0.278. The molecule has 0 aliphatic carbocycles. The van der Waals surface area contributed by atoms with Gasteiger partial charge in [-0.2, -0.15) is 0 Å². The van der Waals surface area contributed by atoms with E-state index < -0.39 is 0 Å². The number of methoxy groups -OCH3 is 1. The van der Waals surface area contributed by atoms with Crippen LogP contribution in [0.3, 0.4) is 0 Å². The van der Waals surface area contributed by atoms with E-state index in [1.807, 2.05) is 6.07 Å². The number of hydrogen-bond acceptors (Lipinski definition) is 5. The Morgan fingerprint density at radius 3 is 3.25 bits per heavy atom. The van der Waals surface area contributed by atoms with Gasteiger partial charge in [0, 0.05) is 10.7 Å². The van der Waals surface area contributed by atoms with Crippen LogP contribution >= 0.6 is 27.7 Å². The fraction of sp³-hybridized carbons (Fsp3) is 0.222. The van der Waals surface area contributed by atoms with Crippen LogP contribution in [0.5, 0.6) is 0 Å². The van der Waals surface area contributed by atoms with Crippen molar-refractivity contribution in [2.45, 2.75) is 5.16 Å². The summed E-state index contributed by atoms with van der Waals surface area (Å²) in [6, 6.07) is 1.89. The van der Waals surface area contributed by atoms with Crippen LogP contribution in [0.1, 0.15) is 0 Å². The summed E-state index contributed by atoms with van der Waals surface area (Å²) in [7, 11) is 1.36. The number of aromatic nitrogens is 3. The van der Waals surface area contributed by atoms with E-state index in [-0.39, 0.29) is 11.7 Å². The van der Waals surface area contributed by atoms with Crippen LogP contribution in [0.25, 0.3) is 11.2 Å². The van der Waals surface area contributed by atoms with Gasteiger partial charge >= 0.3 is 5.97 Å². The van der Waals surface area contributed by atoms with Crippen molar-refractivity contribution in [1.29, 1.82) is 0 Å². The lowest BCUT2D eigenvalue weighted by Crippen LogP contribution is -2.02. The van der Waals surface area contributed by atoms with Gasteiger partial charge in [0.2, 0.25) is 0 Å². The Bertz CT molecular complexity index is 528. The fourth-order valence-corrected chi connectivity index (χ4v) is 2.14. The zero-order chi connectivity index (χ0) is 11.5. The largest absolute Gasteiger partial charge is 0.468 e. The topological polar surface area (TPSA) is 67.9 Å². The number of aromatic amines is 1. The third-order valence-corrected chi connectivity index (χ3v) is 3.12. The minimum absolute atomic E-state index is 0.234. The second-order valence-electron chi connectivity index (χ2n) is 2.93. The van der Waals surface area contributed by atoms with Crippen molar-refractivity contribution in [3.8, 4) is 0 Å². The Kier molecular flexibility index (Phi) is 3.45. The molecule has 0 fully saturated rings. The minimum Gasteiger partial charge on any atom is -0.468 e. The van der Waals surface area contributed by atoms with Crippen LogP contribution in [0.4, 0.5) is 0 Å². The van der Waals surface area contributed by atoms with E-state index in [4.69, 9.17) is 0 Å². The number of carbonyl (C=O) groups is 1. The maximum absolute atomic E-state index is 10.9. The second kappa shape index (κ2) is 4.84. The van der Waals surface area contributed by atoms with E-state index in [0.29, 0.717) is 10.8 Å². The highest BCUT2D eigenvalue weighted by Crippen LogP contribution is 2.20. The molecule has 5 nitrogen and oxygen atoms in total. The predicted molar refractivity (Wildman–Crippen MR) is 64.3 cm³/mol. The number of H-pyrrole nitrogens is 1. The smallest absolute Gasteiger partial charge is 0.316 e. The van der Waals surface area contributed by atoms with Crippen molar-refractivity contribution in [3.05, 3.63) is 16.7 Å². The number of nitrogens with zero attached hydrogens (tertiary/aromatic N) is 2. The van der Waals surface area contributed by atoms with Gasteiger partial charge in [0.1, 0.15) is 0 Å². The van der Waals surface area contributed by atoms with Gasteiger partial charge in [0.15, 0.2) is 10.8 Å². The predicted octanol–water partition coefficient (Wildman–Crippen LogP) is 1.99. The quantitative estimate of drug-likeness (QED) is 0.693. The molecule has 0 bridgehead atoms. The van der Waals surface area contributed by atoms with E-state index in [2.05, 4.69) is 35.6 Å². The molecule has 2 heterocycles. The Balaban J connectivity index is 2.16. The van der Waals surface area contributed by atoms with Gasteiger partial charge in [0.05, 0.1) is 18.4 Å². The summed E-state index contributed by atoms with van der Waals surface area (Å²) < 4.78 is 5.42. The summed E-state index contributed by atoms with van der Waals surface area (Å²) in [5, 5.41) is 0.658. The van der Waals surface area contributed by atoms with E-state index in [0.717, 1.165) is 9.99 Å². The highest BCUT2D eigenvalue weighted by molar-refractivity contribution is 9.10. The van der Waals surface area contributed by atoms with Gasteiger partial charge in [-0.1, -0.05) is 11.8 Å². The Hall–Kier alpha value is -1.08. The number of fused-ring (bicyclic) bond motifs is 1. The number of rotatable bonds is 3. The number of hydrogen-bond donors (Lipinski definition) is 1. The molecule has 0 radical (unpaired) electrons. The van der Waals surface area contributed by atoms with Crippen molar-refractivity contribution < 1.29 is 9.53 Å². The lowest BCUT2D eigenvalue weighted by Gasteiger charge is -1.94. The van der Waals surface area contributed by atoms with Crippen molar-refractivity contribution in [3.63, 3.8) is 0 Å². The molecular weight excluding hydrogens is 294 g/mol. The summed E-state index contributed by atoms with van der Waals surface area (Å²) >= 11 is 4.61. The van der Waals surface area contributed by atoms with E-state index in [1.54, 1.807) is 6.20 Å². The first-order valence-electron chi connectivity index (χ1n) is 4.40. The summed E-state index contributed by atoms with van der Waals surface area (Å²) in [5.74, 6) is -0.0445. The molecule has 2 aromatic rings. The maximum atomic E-state index is 10.9. The van der Waals surface area contributed by atoms with Crippen molar-refractivity contribution >= 4 is 44.8 Å². The Morgan fingerprint density at radius 2 is 2.50 bits per heavy atom. The van der Waals surface area contributed by atoms with E-state index in [1.165, 1.54) is 18.9 Å². The zero-order valence-electron chi connectivity index (χ0n) is 8.36. The van der Waals surface area contributed by atoms with Crippen molar-refractivity contribution in [2.24, 2.45) is 0 Å². The second-order valence-corrected chi connectivity index (χ2v) is 4.81. The third-order valence-electron chi connectivity index (χ3n) is 1.84. The first kappa shape index (κ1) is 11.4. The van der Waals surface area contributed by atoms with Crippen LogP contribution in [-0.4, -0.2) is 33.8 Å². The monoisotopic (exact) mass is 301 g/mol. The molecule has 2 rings (SSSR count). The number of ether oxygens (including phenoxy) is 1. The number of thioether (sulfide) groups is 1. The zero-order valence-corrected chi connectivity index (χ0v) is 10.8. The highest BCUT2D eigenvalue weighted by atomic mass is 79.9. The van der Waals surface area contributed by atoms with Crippen molar-refractivity contribution in [1.82, 2.24) is 15.0 Å². The third kappa shape index (κ3) is 2.53. The average Bonchev–Trinajstić information content (AvgIpc) is 2.67. The molecule has 0 spiro atoms. The molecule has 0 saturated carbocycles. The molecule has 0 aliphatic heterocycles. The fourth-order valence-electron chi connectivity index (χ4n) is 1.11. The van der Waals surface area contributed by atoms with Crippen LogP contribution in [-0.2, 0) is 9.53 Å². The van der Waals surface area contributed by atoms with Crippen molar-refractivity contribution in [2.75, 3.05) is 12.9 Å². The number of pyridine rings is 1. The molecule has 2 aromatic heterocycles. The molecule has 0 amide bonds. The number of imidazole rings is 1. The molecule has 7 heteroatoms. The van der Waals surface area contributed by atoms with Crippen LogP contribution in [0, 0.1) is 0 Å². The molecular formula is C9H8BrN3O2S. The Morgan fingerprint density at radius 1 is 1.69 bits per heavy atom. The Labute approximate surface area is 104 Å². The average molecular weight is 302 g/mol. The van der Waals surface area contributed by atoms with Gasteiger partial charge in [-0.05, 0) is 22.0 Å². The van der Waals surface area contributed by atoms with E-state index in [9.17, 15) is 4.79 Å². The highest BCUT2D eigenvalue weighted by Gasteiger charge is 2.07. The lowest BCUT2D eigenvalue weighted by molar-refractivity contribution is -0.137. The number of nitrogens with one attached hydrogen (secondary N) is 1. The molecule has 0 aliphatic rings. The first-order chi connectivity index (χ1) is 7.69.